The molecule has 3 nitrogen and oxygen atoms in total. The number of piperazine rings is 1. The average Bonchev–Trinajstić information content (AvgIpc) is 2.47. The quantitative estimate of drug-likeness (QED) is 0.844. The number of hydrogen-bond donors (Lipinski definition) is 1. The number of alkyl halides is 3. The molecule has 1 aromatic rings. The maximum Gasteiger partial charge on any atom is 0.389 e. The summed E-state index contributed by atoms with van der Waals surface area (Å²) < 4.78 is 56.5. The SMILES string of the molecule is COc1ccc([C@@H](CCC(F)(F)F)N2CCNCC2)cc1F. The third-order valence-electron chi connectivity index (χ3n) is 3.85. The second-order valence-corrected chi connectivity index (χ2v) is 5.35. The second-order valence-electron chi connectivity index (χ2n) is 5.35. The fourth-order valence-corrected chi connectivity index (χ4v) is 2.74. The van der Waals surface area contributed by atoms with Gasteiger partial charge in [-0.15, -0.1) is 0 Å². The van der Waals surface area contributed by atoms with E-state index in [1.165, 1.54) is 19.2 Å². The summed E-state index contributed by atoms with van der Waals surface area (Å²) in [5, 5.41) is 3.17. The Balaban J connectivity index is 2.20. The molecule has 124 valence electrons. The first-order valence-corrected chi connectivity index (χ1v) is 7.25. The third kappa shape index (κ3) is 4.58. The normalized spacial score (nSPS) is 18.2. The summed E-state index contributed by atoms with van der Waals surface area (Å²) in [6.07, 6.45) is -5.16. The van der Waals surface area contributed by atoms with E-state index in [0.29, 0.717) is 18.7 Å². The molecule has 1 atom stereocenters. The molecule has 0 aromatic heterocycles. The molecule has 1 aliphatic heterocycles. The van der Waals surface area contributed by atoms with E-state index in [1.54, 1.807) is 6.07 Å². The Morgan fingerprint density at radius 1 is 1.27 bits per heavy atom. The molecule has 0 bridgehead atoms. The lowest BCUT2D eigenvalue weighted by Gasteiger charge is -2.35. The Morgan fingerprint density at radius 2 is 1.95 bits per heavy atom. The first kappa shape index (κ1) is 17.0. The lowest BCUT2D eigenvalue weighted by Crippen LogP contribution is -2.45. The number of halogens is 4. The van der Waals surface area contributed by atoms with Crippen molar-refractivity contribution in [3.8, 4) is 5.75 Å². The number of benzene rings is 1. The zero-order valence-corrected chi connectivity index (χ0v) is 12.4. The van der Waals surface area contributed by atoms with E-state index in [4.69, 9.17) is 4.74 Å². The van der Waals surface area contributed by atoms with Crippen molar-refractivity contribution in [2.75, 3.05) is 33.3 Å². The summed E-state index contributed by atoms with van der Waals surface area (Å²) in [6.45, 7) is 2.74. The van der Waals surface area contributed by atoms with Gasteiger partial charge in [0.25, 0.3) is 0 Å². The highest BCUT2D eigenvalue weighted by atomic mass is 19.4. The van der Waals surface area contributed by atoms with Crippen LogP contribution in [0.1, 0.15) is 24.4 Å². The number of rotatable bonds is 5. The lowest BCUT2D eigenvalue weighted by atomic mass is 9.99. The van der Waals surface area contributed by atoms with Gasteiger partial charge >= 0.3 is 6.18 Å². The molecule has 0 amide bonds. The van der Waals surface area contributed by atoms with Crippen molar-refractivity contribution in [1.29, 1.82) is 0 Å². The molecule has 1 heterocycles. The number of hydrogen-bond acceptors (Lipinski definition) is 3. The van der Waals surface area contributed by atoms with Gasteiger partial charge in [-0.3, -0.25) is 4.90 Å². The van der Waals surface area contributed by atoms with Gasteiger partial charge in [0.1, 0.15) is 0 Å². The zero-order chi connectivity index (χ0) is 16.2. The highest BCUT2D eigenvalue weighted by molar-refractivity contribution is 5.31. The molecular weight excluding hydrogens is 300 g/mol. The van der Waals surface area contributed by atoms with Crippen molar-refractivity contribution in [2.24, 2.45) is 0 Å². The fourth-order valence-electron chi connectivity index (χ4n) is 2.74. The van der Waals surface area contributed by atoms with Gasteiger partial charge in [0.15, 0.2) is 11.6 Å². The summed E-state index contributed by atoms with van der Waals surface area (Å²) >= 11 is 0. The van der Waals surface area contributed by atoms with Crippen LogP contribution in [-0.4, -0.2) is 44.4 Å². The maximum atomic E-state index is 13.9. The fraction of sp³-hybridized carbons (Fsp3) is 0.600. The van der Waals surface area contributed by atoms with Crippen LogP contribution in [0.5, 0.6) is 5.75 Å². The third-order valence-corrected chi connectivity index (χ3v) is 3.85. The van der Waals surface area contributed by atoms with Crippen LogP contribution in [0.25, 0.3) is 0 Å². The van der Waals surface area contributed by atoms with Crippen LogP contribution in [0.15, 0.2) is 18.2 Å². The smallest absolute Gasteiger partial charge is 0.389 e. The van der Waals surface area contributed by atoms with Crippen LogP contribution in [0.2, 0.25) is 0 Å². The predicted molar refractivity (Wildman–Crippen MR) is 75.4 cm³/mol. The standard InChI is InChI=1S/C15H20F4N2O/c1-22-14-3-2-11(10-12(14)16)13(4-5-15(17,18)19)21-8-6-20-7-9-21/h2-3,10,13,20H,4-9H2,1H3/t13-/m1/s1. The molecule has 1 fully saturated rings. The Morgan fingerprint density at radius 3 is 2.50 bits per heavy atom. The molecule has 2 rings (SSSR count). The van der Waals surface area contributed by atoms with E-state index in [0.717, 1.165) is 13.1 Å². The molecule has 0 saturated carbocycles. The molecule has 1 N–H and O–H groups in total. The lowest BCUT2D eigenvalue weighted by molar-refractivity contribution is -0.138. The Hall–Kier alpha value is -1.34. The Labute approximate surface area is 127 Å². The number of methoxy groups -OCH3 is 1. The molecule has 7 heteroatoms. The second kappa shape index (κ2) is 7.28. The molecular formula is C15H20F4N2O. The summed E-state index contributed by atoms with van der Waals surface area (Å²) in [7, 11) is 1.36. The van der Waals surface area contributed by atoms with Gasteiger partial charge in [0, 0.05) is 38.6 Å². The number of nitrogens with one attached hydrogen (secondary N) is 1. The largest absolute Gasteiger partial charge is 0.494 e. The minimum Gasteiger partial charge on any atom is -0.494 e. The summed E-state index contributed by atoms with van der Waals surface area (Å²) in [4.78, 5) is 1.98. The van der Waals surface area contributed by atoms with Crippen LogP contribution >= 0.6 is 0 Å². The first-order valence-electron chi connectivity index (χ1n) is 7.25. The van der Waals surface area contributed by atoms with Crippen LogP contribution < -0.4 is 10.1 Å². The topological polar surface area (TPSA) is 24.5 Å². The van der Waals surface area contributed by atoms with Crippen molar-refractivity contribution in [2.45, 2.75) is 25.1 Å². The van der Waals surface area contributed by atoms with Gasteiger partial charge in [-0.2, -0.15) is 13.2 Å². The van der Waals surface area contributed by atoms with E-state index < -0.39 is 24.5 Å². The van der Waals surface area contributed by atoms with Crippen LogP contribution in [-0.2, 0) is 0 Å². The average molecular weight is 320 g/mol. The van der Waals surface area contributed by atoms with Crippen molar-refractivity contribution >= 4 is 0 Å². The summed E-state index contributed by atoms with van der Waals surface area (Å²) in [5.74, 6) is -0.453. The highest BCUT2D eigenvalue weighted by Crippen LogP contribution is 2.33. The van der Waals surface area contributed by atoms with Crippen molar-refractivity contribution in [3.05, 3.63) is 29.6 Å². The van der Waals surface area contributed by atoms with Gasteiger partial charge in [-0.25, -0.2) is 4.39 Å². The first-order chi connectivity index (χ1) is 10.4. The van der Waals surface area contributed by atoms with E-state index in [9.17, 15) is 17.6 Å². The summed E-state index contributed by atoms with van der Waals surface area (Å²) in [6, 6.07) is 3.95. The van der Waals surface area contributed by atoms with E-state index in [-0.39, 0.29) is 12.2 Å². The predicted octanol–water partition coefficient (Wildman–Crippen LogP) is 3.12. The summed E-state index contributed by atoms with van der Waals surface area (Å²) in [5.41, 5.74) is 0.560. The Bertz CT molecular complexity index is 487. The van der Waals surface area contributed by atoms with Crippen molar-refractivity contribution in [1.82, 2.24) is 10.2 Å². The van der Waals surface area contributed by atoms with Gasteiger partial charge in [-0.1, -0.05) is 6.07 Å². The highest BCUT2D eigenvalue weighted by Gasteiger charge is 2.31. The van der Waals surface area contributed by atoms with E-state index >= 15 is 0 Å². The number of nitrogens with zero attached hydrogens (tertiary/aromatic N) is 1. The minimum atomic E-state index is -4.21. The van der Waals surface area contributed by atoms with Gasteiger partial charge < -0.3 is 10.1 Å². The van der Waals surface area contributed by atoms with Crippen molar-refractivity contribution < 1.29 is 22.3 Å². The molecule has 0 unspecified atom stereocenters. The monoisotopic (exact) mass is 320 g/mol. The Kier molecular flexibility index (Phi) is 5.63. The van der Waals surface area contributed by atoms with Gasteiger partial charge in [0.05, 0.1) is 7.11 Å². The molecule has 0 spiro atoms. The van der Waals surface area contributed by atoms with Gasteiger partial charge in [0.2, 0.25) is 0 Å². The van der Waals surface area contributed by atoms with Crippen molar-refractivity contribution in [3.63, 3.8) is 0 Å². The molecule has 22 heavy (non-hydrogen) atoms. The zero-order valence-electron chi connectivity index (χ0n) is 12.4. The van der Waals surface area contributed by atoms with Crippen LogP contribution in [0, 0.1) is 5.82 Å². The van der Waals surface area contributed by atoms with Gasteiger partial charge in [-0.05, 0) is 24.1 Å². The maximum absolute atomic E-state index is 13.9. The molecule has 1 aromatic carbocycles. The molecule has 1 aliphatic rings. The minimum absolute atomic E-state index is 0.0741. The number of ether oxygens (including phenoxy) is 1. The molecule has 0 aliphatic carbocycles. The van der Waals surface area contributed by atoms with E-state index in [2.05, 4.69) is 5.32 Å². The van der Waals surface area contributed by atoms with Crippen LogP contribution in [0.3, 0.4) is 0 Å². The van der Waals surface area contributed by atoms with E-state index in [1.807, 2.05) is 4.90 Å². The molecule has 0 radical (unpaired) electrons. The van der Waals surface area contributed by atoms with Crippen LogP contribution in [0.4, 0.5) is 17.6 Å². The molecule has 1 saturated heterocycles.